The summed E-state index contributed by atoms with van der Waals surface area (Å²) in [7, 11) is 1.64. The minimum Gasteiger partial charge on any atom is -0.383 e. The van der Waals surface area contributed by atoms with E-state index >= 15 is 0 Å². The molecular weight excluding hydrogens is 144 g/mol. The maximum Gasteiger partial charge on any atom is 0.315 e. The zero-order chi connectivity index (χ0) is 8.27. The van der Waals surface area contributed by atoms with Gasteiger partial charge in [-0.05, 0) is 12.8 Å². The first-order valence-corrected chi connectivity index (χ1v) is 3.80. The van der Waals surface area contributed by atoms with Crippen LogP contribution < -0.4 is 5.73 Å². The molecule has 64 valence electrons. The summed E-state index contributed by atoms with van der Waals surface area (Å²) in [5.74, 6) is 0. The van der Waals surface area contributed by atoms with Gasteiger partial charge in [0, 0.05) is 13.7 Å². The van der Waals surface area contributed by atoms with Gasteiger partial charge in [-0.1, -0.05) is 0 Å². The predicted octanol–water partition coefficient (Wildman–Crippen LogP) is 0.176. The van der Waals surface area contributed by atoms with E-state index < -0.39 is 0 Å². The molecule has 1 fully saturated rings. The lowest BCUT2D eigenvalue weighted by atomic mass is 10.2. The van der Waals surface area contributed by atoms with Crippen molar-refractivity contribution >= 4 is 6.03 Å². The number of hydrogen-bond acceptors (Lipinski definition) is 2. The molecule has 0 aromatic heterocycles. The minimum atomic E-state index is -0.329. The number of primary amides is 1. The number of carbonyl (C=O) groups is 1. The van der Waals surface area contributed by atoms with Gasteiger partial charge in [-0.25, -0.2) is 4.79 Å². The van der Waals surface area contributed by atoms with Gasteiger partial charge in [-0.3, -0.25) is 0 Å². The Morgan fingerprint density at radius 2 is 2.55 bits per heavy atom. The predicted molar refractivity (Wildman–Crippen MR) is 41.2 cm³/mol. The van der Waals surface area contributed by atoms with Crippen LogP contribution in [0.4, 0.5) is 4.79 Å². The minimum absolute atomic E-state index is 0.206. The number of carbonyl (C=O) groups excluding carboxylic acids is 1. The highest BCUT2D eigenvalue weighted by Gasteiger charge is 2.26. The fourth-order valence-electron chi connectivity index (χ4n) is 1.49. The second-order valence-corrected chi connectivity index (χ2v) is 2.78. The van der Waals surface area contributed by atoms with Gasteiger partial charge in [-0.15, -0.1) is 0 Å². The van der Waals surface area contributed by atoms with E-state index in [-0.39, 0.29) is 12.1 Å². The molecule has 0 bridgehead atoms. The fraction of sp³-hybridized carbons (Fsp3) is 0.857. The fourth-order valence-corrected chi connectivity index (χ4v) is 1.49. The third-order valence-corrected chi connectivity index (χ3v) is 2.02. The van der Waals surface area contributed by atoms with Gasteiger partial charge in [0.25, 0.3) is 0 Å². The smallest absolute Gasteiger partial charge is 0.315 e. The van der Waals surface area contributed by atoms with Crippen LogP contribution in [0.3, 0.4) is 0 Å². The van der Waals surface area contributed by atoms with Crippen LogP contribution in [-0.4, -0.2) is 37.2 Å². The molecule has 2 amide bonds. The number of hydrogen-bond donors (Lipinski definition) is 1. The van der Waals surface area contributed by atoms with Crippen LogP contribution >= 0.6 is 0 Å². The molecule has 1 aliphatic rings. The summed E-state index contributed by atoms with van der Waals surface area (Å²) in [6, 6.07) is -0.123. The number of amides is 2. The number of nitrogens with two attached hydrogens (primary N) is 1. The van der Waals surface area contributed by atoms with E-state index in [0.29, 0.717) is 6.61 Å². The van der Waals surface area contributed by atoms with Gasteiger partial charge in [0.15, 0.2) is 0 Å². The average Bonchev–Trinajstić information content (AvgIpc) is 2.36. The Hall–Kier alpha value is -0.770. The van der Waals surface area contributed by atoms with E-state index in [1.165, 1.54) is 0 Å². The van der Waals surface area contributed by atoms with Crippen molar-refractivity contribution in [2.24, 2.45) is 5.73 Å². The van der Waals surface area contributed by atoms with E-state index in [0.717, 1.165) is 19.4 Å². The molecule has 4 nitrogen and oxygen atoms in total. The highest BCUT2D eigenvalue weighted by Crippen LogP contribution is 2.16. The van der Waals surface area contributed by atoms with Crippen LogP contribution in [0, 0.1) is 0 Å². The highest BCUT2D eigenvalue weighted by molar-refractivity contribution is 5.72. The lowest BCUT2D eigenvalue weighted by molar-refractivity contribution is 0.127. The van der Waals surface area contributed by atoms with Crippen LogP contribution in [-0.2, 0) is 4.74 Å². The van der Waals surface area contributed by atoms with E-state index in [9.17, 15) is 4.79 Å². The van der Waals surface area contributed by atoms with Crippen molar-refractivity contribution in [2.75, 3.05) is 20.3 Å². The molecule has 0 aromatic carbocycles. The maximum atomic E-state index is 10.8. The molecule has 1 atom stereocenters. The molecule has 0 unspecified atom stereocenters. The second-order valence-electron chi connectivity index (χ2n) is 2.78. The van der Waals surface area contributed by atoms with Crippen molar-refractivity contribution in [3.63, 3.8) is 0 Å². The number of urea groups is 1. The summed E-state index contributed by atoms with van der Waals surface area (Å²) >= 11 is 0. The largest absolute Gasteiger partial charge is 0.383 e. The van der Waals surface area contributed by atoms with Crippen molar-refractivity contribution in [1.29, 1.82) is 0 Å². The van der Waals surface area contributed by atoms with Crippen molar-refractivity contribution < 1.29 is 9.53 Å². The molecule has 1 rings (SSSR count). The lowest BCUT2D eigenvalue weighted by Crippen LogP contribution is -2.41. The Balaban J connectivity index is 2.44. The summed E-state index contributed by atoms with van der Waals surface area (Å²) in [5.41, 5.74) is 5.15. The molecular formula is C7H14N2O2. The Kier molecular flexibility index (Phi) is 2.70. The van der Waals surface area contributed by atoms with Crippen molar-refractivity contribution in [1.82, 2.24) is 4.90 Å². The normalized spacial score (nSPS) is 24.1. The van der Waals surface area contributed by atoms with Gasteiger partial charge >= 0.3 is 6.03 Å². The van der Waals surface area contributed by atoms with Gasteiger partial charge in [0.2, 0.25) is 0 Å². The Morgan fingerprint density at radius 1 is 1.82 bits per heavy atom. The Bertz CT molecular complexity index is 149. The summed E-state index contributed by atoms with van der Waals surface area (Å²) in [6.45, 7) is 1.38. The molecule has 1 saturated heterocycles. The molecule has 0 aromatic rings. The zero-order valence-electron chi connectivity index (χ0n) is 6.75. The first-order valence-electron chi connectivity index (χ1n) is 3.80. The second kappa shape index (κ2) is 3.57. The van der Waals surface area contributed by atoms with Crippen LogP contribution in [0.25, 0.3) is 0 Å². The first kappa shape index (κ1) is 8.33. The van der Waals surface area contributed by atoms with Crippen LogP contribution in [0.1, 0.15) is 12.8 Å². The molecule has 0 radical (unpaired) electrons. The average molecular weight is 158 g/mol. The number of ether oxygens (including phenoxy) is 1. The number of nitrogens with zero attached hydrogens (tertiary/aromatic N) is 1. The van der Waals surface area contributed by atoms with Gasteiger partial charge in [-0.2, -0.15) is 0 Å². The Labute approximate surface area is 66.3 Å². The quantitative estimate of drug-likeness (QED) is 0.623. The highest BCUT2D eigenvalue weighted by atomic mass is 16.5. The van der Waals surface area contributed by atoms with Crippen molar-refractivity contribution in [3.8, 4) is 0 Å². The first-order chi connectivity index (χ1) is 5.25. The summed E-state index contributed by atoms with van der Waals surface area (Å²) in [5, 5.41) is 0. The number of rotatable bonds is 2. The van der Waals surface area contributed by atoms with E-state index in [4.69, 9.17) is 10.5 Å². The third kappa shape index (κ3) is 1.83. The van der Waals surface area contributed by atoms with Crippen LogP contribution in [0.2, 0.25) is 0 Å². The van der Waals surface area contributed by atoms with E-state index in [1.54, 1.807) is 12.0 Å². The molecule has 1 heterocycles. The summed E-state index contributed by atoms with van der Waals surface area (Å²) < 4.78 is 4.96. The van der Waals surface area contributed by atoms with Crippen LogP contribution in [0.15, 0.2) is 0 Å². The lowest BCUT2D eigenvalue weighted by Gasteiger charge is -2.21. The third-order valence-electron chi connectivity index (χ3n) is 2.02. The topological polar surface area (TPSA) is 55.6 Å². The van der Waals surface area contributed by atoms with E-state index in [1.807, 2.05) is 0 Å². The van der Waals surface area contributed by atoms with Crippen LogP contribution in [0.5, 0.6) is 0 Å². The summed E-state index contributed by atoms with van der Waals surface area (Å²) in [4.78, 5) is 12.4. The SMILES string of the molecule is COC[C@@H]1CCCN1C(N)=O. The van der Waals surface area contributed by atoms with Crippen molar-refractivity contribution in [3.05, 3.63) is 0 Å². The molecule has 2 N–H and O–H groups in total. The molecule has 1 aliphatic heterocycles. The van der Waals surface area contributed by atoms with Crippen molar-refractivity contribution in [2.45, 2.75) is 18.9 Å². The molecule has 0 saturated carbocycles. The van der Waals surface area contributed by atoms with Gasteiger partial charge in [0.1, 0.15) is 0 Å². The summed E-state index contributed by atoms with van der Waals surface area (Å²) in [6.07, 6.45) is 2.05. The number of methoxy groups -OCH3 is 1. The molecule has 0 aliphatic carbocycles. The standard InChI is InChI=1S/C7H14N2O2/c1-11-5-6-3-2-4-9(6)7(8)10/h6H,2-5H2,1H3,(H2,8,10)/t6-/m0/s1. The van der Waals surface area contributed by atoms with Gasteiger partial charge in [0.05, 0.1) is 12.6 Å². The Morgan fingerprint density at radius 3 is 3.09 bits per heavy atom. The molecule has 0 spiro atoms. The molecule has 4 heteroatoms. The zero-order valence-corrected chi connectivity index (χ0v) is 6.75. The number of likely N-dealkylation sites (tertiary alicyclic amines) is 1. The maximum absolute atomic E-state index is 10.8. The van der Waals surface area contributed by atoms with E-state index in [2.05, 4.69) is 0 Å². The monoisotopic (exact) mass is 158 g/mol. The molecule has 11 heavy (non-hydrogen) atoms. The van der Waals surface area contributed by atoms with Gasteiger partial charge < -0.3 is 15.4 Å².